The van der Waals surface area contributed by atoms with E-state index in [9.17, 15) is 10.2 Å². The van der Waals surface area contributed by atoms with E-state index in [-0.39, 0.29) is 17.6 Å². The smallest absolute Gasteiger partial charge is 0.0554 e. The lowest BCUT2D eigenvalue weighted by Gasteiger charge is -2.16. The van der Waals surface area contributed by atoms with E-state index in [0.29, 0.717) is 12.3 Å². The van der Waals surface area contributed by atoms with Gasteiger partial charge in [-0.15, -0.1) is 23.2 Å². The van der Waals surface area contributed by atoms with Crippen molar-refractivity contribution in [3.63, 3.8) is 0 Å². The van der Waals surface area contributed by atoms with E-state index >= 15 is 0 Å². The van der Waals surface area contributed by atoms with Gasteiger partial charge >= 0.3 is 0 Å². The van der Waals surface area contributed by atoms with Crippen molar-refractivity contribution >= 4 is 23.2 Å². The average molecular weight is 271 g/mol. The maximum atomic E-state index is 9.68. The Morgan fingerprint density at radius 2 is 1.69 bits per heavy atom. The maximum Gasteiger partial charge on any atom is 0.0554 e. The molecule has 0 saturated heterocycles. The van der Waals surface area contributed by atoms with Crippen LogP contribution >= 0.6 is 23.2 Å². The highest BCUT2D eigenvalue weighted by Gasteiger charge is 2.13. The van der Waals surface area contributed by atoms with E-state index in [1.54, 1.807) is 0 Å². The number of aliphatic hydroxyl groups is 2. The molecule has 0 aliphatic carbocycles. The monoisotopic (exact) mass is 270 g/mol. The number of unbranched alkanes of at least 4 members (excludes halogenated alkanes) is 1. The molecule has 16 heavy (non-hydrogen) atoms. The van der Waals surface area contributed by atoms with Crippen LogP contribution in [0.3, 0.4) is 0 Å². The Morgan fingerprint density at radius 1 is 1.00 bits per heavy atom. The number of rotatable bonds is 10. The Hall–Kier alpha value is 0.500. The van der Waals surface area contributed by atoms with Gasteiger partial charge in [0.25, 0.3) is 0 Å². The van der Waals surface area contributed by atoms with Crippen molar-refractivity contribution < 1.29 is 10.2 Å². The van der Waals surface area contributed by atoms with Crippen molar-refractivity contribution in [2.75, 3.05) is 5.88 Å². The summed E-state index contributed by atoms with van der Waals surface area (Å²) < 4.78 is 0. The topological polar surface area (TPSA) is 40.5 Å². The first kappa shape index (κ1) is 16.5. The molecule has 3 atom stereocenters. The van der Waals surface area contributed by atoms with Gasteiger partial charge in [0.05, 0.1) is 12.2 Å². The van der Waals surface area contributed by atoms with Gasteiger partial charge in [0, 0.05) is 11.3 Å². The molecule has 2 N–H and O–H groups in total. The van der Waals surface area contributed by atoms with Crippen molar-refractivity contribution in [2.24, 2.45) is 0 Å². The van der Waals surface area contributed by atoms with Gasteiger partial charge in [-0.1, -0.05) is 6.92 Å². The van der Waals surface area contributed by atoms with E-state index in [4.69, 9.17) is 23.2 Å². The largest absolute Gasteiger partial charge is 0.393 e. The lowest BCUT2D eigenvalue weighted by Crippen LogP contribution is -2.16. The molecule has 0 rings (SSSR count). The van der Waals surface area contributed by atoms with Crippen LogP contribution in [0, 0.1) is 0 Å². The van der Waals surface area contributed by atoms with Crippen LogP contribution in [0.4, 0.5) is 0 Å². The van der Waals surface area contributed by atoms with Crippen molar-refractivity contribution in [3.8, 4) is 0 Å². The molecule has 0 spiro atoms. The molecular weight excluding hydrogens is 247 g/mol. The second kappa shape index (κ2) is 10.6. The third-order valence-corrected chi connectivity index (χ3v) is 3.40. The molecule has 98 valence electrons. The normalized spacial score (nSPS) is 17.1. The molecule has 0 aliphatic heterocycles. The molecule has 3 unspecified atom stereocenters. The zero-order chi connectivity index (χ0) is 12.4. The summed E-state index contributed by atoms with van der Waals surface area (Å²) in [6.07, 6.45) is 4.95. The molecule has 0 fully saturated rings. The van der Waals surface area contributed by atoms with Crippen molar-refractivity contribution in [1.29, 1.82) is 0 Å². The molecule has 0 aromatic rings. The maximum absolute atomic E-state index is 9.68. The minimum absolute atomic E-state index is 0.0350. The van der Waals surface area contributed by atoms with Gasteiger partial charge in [0.2, 0.25) is 0 Å². The number of hydrogen-bond acceptors (Lipinski definition) is 2. The highest BCUT2D eigenvalue weighted by Crippen LogP contribution is 2.17. The van der Waals surface area contributed by atoms with Gasteiger partial charge in [-0.05, 0) is 44.9 Å². The van der Waals surface area contributed by atoms with Gasteiger partial charge in [-0.3, -0.25) is 0 Å². The Morgan fingerprint density at radius 3 is 2.25 bits per heavy atom. The summed E-state index contributed by atoms with van der Waals surface area (Å²) in [5.41, 5.74) is 0. The van der Waals surface area contributed by atoms with Crippen LogP contribution in [0.5, 0.6) is 0 Å². The first-order chi connectivity index (χ1) is 7.60. The molecule has 0 amide bonds. The zero-order valence-corrected chi connectivity index (χ0v) is 11.6. The standard InChI is InChI=1S/C12H24Cl2O2/c1-2-11(15)7-6-10(14)9-12(16)5-3-4-8-13/h10-12,15-16H,2-9H2,1H3. The zero-order valence-electron chi connectivity index (χ0n) is 10.0. The van der Waals surface area contributed by atoms with Crippen LogP contribution in [-0.4, -0.2) is 33.7 Å². The first-order valence-corrected chi connectivity index (χ1v) is 7.13. The number of alkyl halides is 2. The summed E-state index contributed by atoms with van der Waals surface area (Å²) in [5.74, 6) is 0.652. The minimum atomic E-state index is -0.329. The van der Waals surface area contributed by atoms with Crippen LogP contribution in [-0.2, 0) is 0 Å². The molecule has 4 heteroatoms. The average Bonchev–Trinajstić information content (AvgIpc) is 2.26. The fraction of sp³-hybridized carbons (Fsp3) is 1.00. The molecule has 0 radical (unpaired) electrons. The Balaban J connectivity index is 3.49. The van der Waals surface area contributed by atoms with Gasteiger partial charge in [0.1, 0.15) is 0 Å². The third-order valence-electron chi connectivity index (χ3n) is 2.73. The Kier molecular flexibility index (Phi) is 11.0. The summed E-state index contributed by atoms with van der Waals surface area (Å²) >= 11 is 11.6. The Bertz CT molecular complexity index is 156. The first-order valence-electron chi connectivity index (χ1n) is 6.16. The molecule has 0 bridgehead atoms. The fourth-order valence-electron chi connectivity index (χ4n) is 1.58. The van der Waals surface area contributed by atoms with E-state index in [2.05, 4.69) is 0 Å². The summed E-state index contributed by atoms with van der Waals surface area (Å²) in [6, 6.07) is 0. The Labute approximate surface area is 109 Å². The number of hydrogen-bond donors (Lipinski definition) is 2. The highest BCUT2D eigenvalue weighted by atomic mass is 35.5. The molecule has 0 heterocycles. The molecule has 2 nitrogen and oxygen atoms in total. The van der Waals surface area contributed by atoms with Crippen LogP contribution in [0.1, 0.15) is 51.9 Å². The quantitative estimate of drug-likeness (QED) is 0.473. The summed E-state index contributed by atoms with van der Waals surface area (Å²) in [7, 11) is 0. The lowest BCUT2D eigenvalue weighted by molar-refractivity contribution is 0.137. The van der Waals surface area contributed by atoms with E-state index < -0.39 is 0 Å². The second-order valence-corrected chi connectivity index (χ2v) is 5.31. The van der Waals surface area contributed by atoms with Crippen molar-refractivity contribution in [3.05, 3.63) is 0 Å². The van der Waals surface area contributed by atoms with Crippen LogP contribution < -0.4 is 0 Å². The van der Waals surface area contributed by atoms with Gasteiger partial charge in [0.15, 0.2) is 0 Å². The number of aliphatic hydroxyl groups excluding tert-OH is 2. The van der Waals surface area contributed by atoms with E-state index in [1.807, 2.05) is 6.92 Å². The molecule has 0 aromatic heterocycles. The van der Waals surface area contributed by atoms with E-state index in [0.717, 1.165) is 38.5 Å². The van der Waals surface area contributed by atoms with Gasteiger partial charge < -0.3 is 10.2 Å². The second-order valence-electron chi connectivity index (χ2n) is 4.31. The van der Waals surface area contributed by atoms with Crippen molar-refractivity contribution in [2.45, 2.75) is 69.5 Å². The third kappa shape index (κ3) is 9.71. The molecule has 0 aliphatic rings. The summed E-state index contributed by atoms with van der Waals surface area (Å²) in [4.78, 5) is 0. The van der Waals surface area contributed by atoms with Gasteiger partial charge in [-0.2, -0.15) is 0 Å². The van der Waals surface area contributed by atoms with Gasteiger partial charge in [-0.25, -0.2) is 0 Å². The minimum Gasteiger partial charge on any atom is -0.393 e. The molecular formula is C12H24Cl2O2. The predicted molar refractivity (Wildman–Crippen MR) is 70.4 cm³/mol. The van der Waals surface area contributed by atoms with Crippen molar-refractivity contribution in [1.82, 2.24) is 0 Å². The SMILES string of the molecule is CCC(O)CCC(Cl)CC(O)CCCCCl. The van der Waals surface area contributed by atoms with Crippen LogP contribution in [0.15, 0.2) is 0 Å². The highest BCUT2D eigenvalue weighted by molar-refractivity contribution is 6.20. The van der Waals surface area contributed by atoms with Crippen LogP contribution in [0.25, 0.3) is 0 Å². The predicted octanol–water partition coefficient (Wildman–Crippen LogP) is 3.31. The number of halogens is 2. The fourth-order valence-corrected chi connectivity index (χ4v) is 2.10. The summed E-state index contributed by atoms with van der Waals surface area (Å²) in [5, 5.41) is 19.0. The molecule has 0 aromatic carbocycles. The summed E-state index contributed by atoms with van der Waals surface area (Å²) in [6.45, 7) is 1.95. The van der Waals surface area contributed by atoms with Crippen LogP contribution in [0.2, 0.25) is 0 Å². The van der Waals surface area contributed by atoms with E-state index in [1.165, 1.54) is 0 Å². The lowest BCUT2D eigenvalue weighted by atomic mass is 10.0. The molecule has 0 saturated carbocycles.